The monoisotopic (exact) mass is 346 g/mol. The standard InChI is InChI=1S/C21H23NO3/c1-22(2)11-5-8-18-17-7-4-3-6-16(17)14-25-20-10-9-15(12-19(18)20)13-21(23)24/h3-4,6-10,12H,5,11,13-14H2,1-2H3,(H,23,24)/b18-8+/i1D3,2D3,9D,10D,12D. The Morgan fingerprint density at radius 3 is 3.00 bits per heavy atom. The van der Waals surface area contributed by atoms with Gasteiger partial charge < -0.3 is 14.7 Å². The topological polar surface area (TPSA) is 49.8 Å². The normalized spacial score (nSPS) is 20.8. The number of nitrogens with zero attached hydrogens (tertiary/aromatic N) is 1. The van der Waals surface area contributed by atoms with Crippen molar-refractivity contribution in [1.29, 1.82) is 0 Å². The summed E-state index contributed by atoms with van der Waals surface area (Å²) in [6, 6.07) is 6.01. The van der Waals surface area contributed by atoms with Crippen molar-refractivity contribution in [3.8, 4) is 5.75 Å². The molecule has 130 valence electrons. The lowest BCUT2D eigenvalue weighted by molar-refractivity contribution is -0.136. The highest BCUT2D eigenvalue weighted by Gasteiger charge is 2.19. The smallest absolute Gasteiger partial charge is 0.307 e. The van der Waals surface area contributed by atoms with Crippen LogP contribution < -0.4 is 4.74 Å². The second kappa shape index (κ2) is 7.53. The van der Waals surface area contributed by atoms with Gasteiger partial charge in [-0.05, 0) is 54.7 Å². The molecule has 3 rings (SSSR count). The maximum atomic E-state index is 11.3. The van der Waals surface area contributed by atoms with Crippen molar-refractivity contribution in [3.05, 3.63) is 70.7 Å². The fourth-order valence-electron chi connectivity index (χ4n) is 2.71. The van der Waals surface area contributed by atoms with Crippen LogP contribution in [0.15, 0.2) is 48.5 Å². The largest absolute Gasteiger partial charge is 0.488 e. The van der Waals surface area contributed by atoms with E-state index in [1.54, 1.807) is 30.3 Å². The Kier molecular flexibility index (Phi) is 2.77. The Bertz CT molecular complexity index is 1130. The summed E-state index contributed by atoms with van der Waals surface area (Å²) in [6.07, 6.45) is 0.920. The van der Waals surface area contributed by atoms with E-state index in [9.17, 15) is 9.90 Å². The fourth-order valence-corrected chi connectivity index (χ4v) is 2.71. The highest BCUT2D eigenvalue weighted by Crippen LogP contribution is 2.37. The molecule has 0 saturated carbocycles. The molecule has 0 radical (unpaired) electrons. The number of rotatable bonds is 5. The van der Waals surface area contributed by atoms with Gasteiger partial charge in [0.25, 0.3) is 0 Å². The van der Waals surface area contributed by atoms with Crippen LogP contribution in [0.5, 0.6) is 5.75 Å². The van der Waals surface area contributed by atoms with E-state index in [4.69, 9.17) is 17.1 Å². The molecule has 2 aromatic carbocycles. The van der Waals surface area contributed by atoms with E-state index in [1.165, 1.54) is 0 Å². The molecule has 0 saturated heterocycles. The van der Waals surface area contributed by atoms with E-state index in [2.05, 4.69) is 0 Å². The molecular weight excluding hydrogens is 314 g/mol. The first kappa shape index (κ1) is 9.20. The summed E-state index contributed by atoms with van der Waals surface area (Å²) in [5.41, 5.74) is 1.71. The molecule has 0 spiro atoms. The Labute approximate surface area is 161 Å². The van der Waals surface area contributed by atoms with Crippen LogP contribution in [0.25, 0.3) is 5.57 Å². The quantitative estimate of drug-likeness (QED) is 0.899. The molecule has 0 bridgehead atoms. The van der Waals surface area contributed by atoms with Crippen LogP contribution >= 0.6 is 0 Å². The van der Waals surface area contributed by atoms with Gasteiger partial charge in [-0.25, -0.2) is 0 Å². The molecule has 4 heteroatoms. The molecule has 1 N–H and O–H groups in total. The maximum absolute atomic E-state index is 11.3. The predicted octanol–water partition coefficient (Wildman–Crippen LogP) is 3.59. The average Bonchev–Trinajstić information content (AvgIpc) is 2.88. The highest BCUT2D eigenvalue weighted by atomic mass is 16.5. The molecule has 25 heavy (non-hydrogen) atoms. The van der Waals surface area contributed by atoms with Gasteiger partial charge >= 0.3 is 5.97 Å². The van der Waals surface area contributed by atoms with Crippen LogP contribution in [-0.4, -0.2) is 36.5 Å². The van der Waals surface area contributed by atoms with Crippen molar-refractivity contribution in [3.63, 3.8) is 0 Å². The first-order chi connectivity index (χ1) is 15.7. The molecule has 0 atom stereocenters. The van der Waals surface area contributed by atoms with Gasteiger partial charge in [-0.1, -0.05) is 36.4 Å². The van der Waals surface area contributed by atoms with E-state index >= 15 is 0 Å². The van der Waals surface area contributed by atoms with Gasteiger partial charge in [0.1, 0.15) is 12.4 Å². The molecular formula is C21H23NO3. The minimum absolute atomic E-state index is 0.0243. The van der Waals surface area contributed by atoms with E-state index in [0.29, 0.717) is 21.6 Å². The Hall–Kier alpha value is -2.59. The Morgan fingerprint density at radius 2 is 2.20 bits per heavy atom. The van der Waals surface area contributed by atoms with Crippen LogP contribution in [0.3, 0.4) is 0 Å². The summed E-state index contributed by atoms with van der Waals surface area (Å²) >= 11 is 0. The first-order valence-corrected chi connectivity index (χ1v) is 7.77. The zero-order chi connectivity index (χ0) is 25.4. The van der Waals surface area contributed by atoms with Crippen LogP contribution in [0.4, 0.5) is 0 Å². The van der Waals surface area contributed by atoms with Crippen molar-refractivity contribution in [2.24, 2.45) is 0 Å². The summed E-state index contributed by atoms with van der Waals surface area (Å²) in [6.45, 7) is -6.00. The highest BCUT2D eigenvalue weighted by molar-refractivity contribution is 5.85. The summed E-state index contributed by atoms with van der Waals surface area (Å²) in [5, 5.41) is 9.26. The van der Waals surface area contributed by atoms with Crippen molar-refractivity contribution >= 4 is 11.5 Å². The number of carbonyl (C=O) groups is 1. The second-order valence-electron chi connectivity index (χ2n) is 5.63. The summed E-state index contributed by atoms with van der Waals surface area (Å²) in [7, 11) is 0. The van der Waals surface area contributed by atoms with Crippen molar-refractivity contribution in [1.82, 2.24) is 4.90 Å². The van der Waals surface area contributed by atoms with Crippen LogP contribution in [0, 0.1) is 0 Å². The number of ether oxygens (including phenoxy) is 1. The zero-order valence-electron chi connectivity index (χ0n) is 22.4. The lowest BCUT2D eigenvalue weighted by Crippen LogP contribution is -2.12. The van der Waals surface area contributed by atoms with Gasteiger partial charge in [0, 0.05) is 20.3 Å². The number of aliphatic carboxylic acids is 1. The van der Waals surface area contributed by atoms with Crippen molar-refractivity contribution < 1.29 is 27.0 Å². The molecule has 0 fully saturated rings. The van der Waals surface area contributed by atoms with Crippen LogP contribution in [0.2, 0.25) is 0 Å². The molecule has 0 unspecified atom stereocenters. The number of carboxylic acid groups (broad SMARTS) is 1. The molecule has 4 nitrogen and oxygen atoms in total. The van der Waals surface area contributed by atoms with Crippen molar-refractivity contribution in [2.45, 2.75) is 19.4 Å². The van der Waals surface area contributed by atoms with E-state index in [1.807, 2.05) is 0 Å². The van der Waals surface area contributed by atoms with Gasteiger partial charge in [-0.15, -0.1) is 0 Å². The molecule has 1 heterocycles. The third kappa shape index (κ3) is 4.09. The molecule has 0 aromatic heterocycles. The average molecular weight is 346 g/mol. The zero-order valence-corrected chi connectivity index (χ0v) is 13.4. The first-order valence-electron chi connectivity index (χ1n) is 12.3. The number of fused-ring (bicyclic) bond motifs is 2. The van der Waals surface area contributed by atoms with E-state index < -0.39 is 32.4 Å². The molecule has 0 aliphatic carbocycles. The van der Waals surface area contributed by atoms with Crippen LogP contribution in [0.1, 0.15) is 41.0 Å². The van der Waals surface area contributed by atoms with Gasteiger partial charge in [-0.2, -0.15) is 0 Å². The number of carboxylic acids is 1. The lowest BCUT2D eigenvalue weighted by atomic mass is 9.92. The van der Waals surface area contributed by atoms with Crippen LogP contribution in [-0.2, 0) is 17.8 Å². The third-order valence-electron chi connectivity index (χ3n) is 3.81. The number of benzene rings is 2. The van der Waals surface area contributed by atoms with Gasteiger partial charge in [0.05, 0.1) is 10.5 Å². The predicted molar refractivity (Wildman–Crippen MR) is 98.8 cm³/mol. The number of hydrogen-bond acceptors (Lipinski definition) is 3. The van der Waals surface area contributed by atoms with Gasteiger partial charge in [-0.3, -0.25) is 4.79 Å². The second-order valence-corrected chi connectivity index (χ2v) is 5.63. The SMILES string of the molecule is [2H]c1c([2H])c2c(c([2H])c1CC(=O)O)/C(=C/CCN(C([2H])([2H])[2H])C([2H])([2H])[2H])c1ccccc1CO2. The van der Waals surface area contributed by atoms with Crippen molar-refractivity contribution in [2.75, 3.05) is 20.5 Å². The third-order valence-corrected chi connectivity index (χ3v) is 3.81. The Balaban J connectivity index is 2.19. The minimum atomic E-state index is -2.85. The maximum Gasteiger partial charge on any atom is 0.307 e. The molecule has 2 aromatic rings. The van der Waals surface area contributed by atoms with E-state index in [-0.39, 0.29) is 48.5 Å². The minimum Gasteiger partial charge on any atom is -0.488 e. The van der Waals surface area contributed by atoms with Gasteiger partial charge in [0.2, 0.25) is 0 Å². The van der Waals surface area contributed by atoms with Gasteiger partial charge in [0.15, 0.2) is 0 Å². The summed E-state index contributed by atoms with van der Waals surface area (Å²) < 4.78 is 76.3. The molecule has 1 aliphatic heterocycles. The molecule has 0 amide bonds. The Morgan fingerprint density at radius 1 is 1.36 bits per heavy atom. The number of hydrogen-bond donors (Lipinski definition) is 1. The van der Waals surface area contributed by atoms with E-state index in [0.717, 1.165) is 0 Å². The lowest BCUT2D eigenvalue weighted by Gasteiger charge is -2.13. The summed E-state index contributed by atoms with van der Waals surface area (Å²) in [5.74, 6) is -1.30. The summed E-state index contributed by atoms with van der Waals surface area (Å²) in [4.78, 5) is 11.8. The fraction of sp³-hybridized carbons (Fsp3) is 0.286. The molecule has 1 aliphatic rings.